The largest absolute Gasteiger partial charge is 0.480 e. The van der Waals surface area contributed by atoms with E-state index in [0.717, 1.165) is 19.5 Å². The molecule has 0 unspecified atom stereocenters. The van der Waals surface area contributed by atoms with E-state index >= 15 is 0 Å². The topological polar surface area (TPSA) is 101 Å². The van der Waals surface area contributed by atoms with Gasteiger partial charge >= 0.3 is 5.97 Å². The van der Waals surface area contributed by atoms with Gasteiger partial charge in [-0.15, -0.1) is 11.3 Å². The summed E-state index contributed by atoms with van der Waals surface area (Å²) < 4.78 is 28.4. The zero-order valence-corrected chi connectivity index (χ0v) is 13.2. The first kappa shape index (κ1) is 15.2. The van der Waals surface area contributed by atoms with Crippen LogP contribution in [0.5, 0.6) is 0 Å². The number of thiophene rings is 1. The molecule has 0 amide bonds. The summed E-state index contributed by atoms with van der Waals surface area (Å²) in [6.45, 7) is -0.212. The van der Waals surface area contributed by atoms with Gasteiger partial charge in [-0.1, -0.05) is 0 Å². The summed E-state index contributed by atoms with van der Waals surface area (Å²) in [6.07, 6.45) is 2.30. The first-order valence-corrected chi connectivity index (χ1v) is 8.44. The number of carbonyl (C=O) groups is 1. The Hall–Kier alpha value is -1.23. The Morgan fingerprint density at radius 3 is 2.85 bits per heavy atom. The Kier molecular flexibility index (Phi) is 4.58. The second kappa shape index (κ2) is 6.04. The Bertz CT molecular complexity index is 722. The lowest BCUT2D eigenvalue weighted by atomic mass is 10.5. The highest BCUT2D eigenvalue weighted by molar-refractivity contribution is 9.11. The van der Waals surface area contributed by atoms with Crippen molar-refractivity contribution in [3.8, 4) is 0 Å². The van der Waals surface area contributed by atoms with Crippen LogP contribution in [-0.2, 0) is 27.9 Å². The van der Waals surface area contributed by atoms with Crippen molar-refractivity contribution in [1.29, 1.82) is 0 Å². The molecule has 0 aliphatic rings. The van der Waals surface area contributed by atoms with E-state index in [0.29, 0.717) is 0 Å². The van der Waals surface area contributed by atoms with Gasteiger partial charge in [-0.05, 0) is 28.1 Å². The lowest BCUT2D eigenvalue weighted by Crippen LogP contribution is -2.22. The van der Waals surface area contributed by atoms with Gasteiger partial charge < -0.3 is 5.11 Å². The van der Waals surface area contributed by atoms with E-state index in [-0.39, 0.29) is 18.0 Å². The predicted octanol–water partition coefficient (Wildman–Crippen LogP) is 1.27. The number of sulfonamides is 1. The first-order valence-electron chi connectivity index (χ1n) is 5.35. The number of hydrogen-bond donors (Lipinski definition) is 2. The number of rotatable bonds is 6. The molecule has 0 atom stereocenters. The maximum absolute atomic E-state index is 12.0. The third-order valence-corrected chi connectivity index (χ3v) is 5.26. The first-order chi connectivity index (χ1) is 9.37. The minimum absolute atomic E-state index is 0.0608. The van der Waals surface area contributed by atoms with Gasteiger partial charge in [0.05, 0.1) is 9.98 Å². The van der Waals surface area contributed by atoms with Crippen LogP contribution < -0.4 is 4.72 Å². The maximum atomic E-state index is 12.0. The highest BCUT2D eigenvalue weighted by Crippen LogP contribution is 2.22. The van der Waals surface area contributed by atoms with Crippen LogP contribution in [0.1, 0.15) is 4.88 Å². The van der Waals surface area contributed by atoms with Crippen molar-refractivity contribution in [1.82, 2.24) is 14.5 Å². The van der Waals surface area contributed by atoms with Crippen LogP contribution in [0.15, 0.2) is 33.2 Å². The number of carboxylic acids is 1. The second-order valence-electron chi connectivity index (χ2n) is 3.80. The Morgan fingerprint density at radius 1 is 1.50 bits per heavy atom. The maximum Gasteiger partial charge on any atom is 0.325 e. The van der Waals surface area contributed by atoms with Crippen LogP contribution in [0, 0.1) is 0 Å². The van der Waals surface area contributed by atoms with E-state index in [9.17, 15) is 13.2 Å². The van der Waals surface area contributed by atoms with Gasteiger partial charge in [0.25, 0.3) is 0 Å². The van der Waals surface area contributed by atoms with Gasteiger partial charge in [0.1, 0.15) is 11.4 Å². The highest BCUT2D eigenvalue weighted by Gasteiger charge is 2.17. The lowest BCUT2D eigenvalue weighted by molar-refractivity contribution is -0.137. The molecule has 7 nitrogen and oxygen atoms in total. The SMILES string of the molecule is O=C(O)Cn1cc(S(=O)(=O)NCc2ccc(Br)s2)cn1. The van der Waals surface area contributed by atoms with E-state index in [1.54, 1.807) is 0 Å². The average molecular weight is 380 g/mol. The third-order valence-electron chi connectivity index (χ3n) is 2.28. The molecule has 0 aliphatic carbocycles. The lowest BCUT2D eigenvalue weighted by Gasteiger charge is -2.02. The summed E-state index contributed by atoms with van der Waals surface area (Å²) >= 11 is 4.72. The molecular weight excluding hydrogens is 370 g/mol. The Balaban J connectivity index is 2.06. The molecule has 0 aliphatic heterocycles. The zero-order chi connectivity index (χ0) is 14.8. The normalized spacial score (nSPS) is 11.7. The minimum Gasteiger partial charge on any atom is -0.480 e. The number of halogens is 1. The van der Waals surface area contributed by atoms with Gasteiger partial charge in [0.15, 0.2) is 0 Å². The fourth-order valence-electron chi connectivity index (χ4n) is 1.40. The average Bonchev–Trinajstić information content (AvgIpc) is 2.95. The number of carboxylic acid groups (broad SMARTS) is 1. The molecule has 2 aromatic rings. The Morgan fingerprint density at radius 2 is 2.25 bits per heavy atom. The van der Waals surface area contributed by atoms with Gasteiger partial charge in [-0.3, -0.25) is 9.48 Å². The molecule has 2 N–H and O–H groups in total. The van der Waals surface area contributed by atoms with Gasteiger partial charge in [-0.2, -0.15) is 5.10 Å². The summed E-state index contributed by atoms with van der Waals surface area (Å²) in [5.74, 6) is -1.09. The van der Waals surface area contributed by atoms with Gasteiger partial charge in [-0.25, -0.2) is 13.1 Å². The van der Waals surface area contributed by atoms with Crippen molar-refractivity contribution in [2.45, 2.75) is 18.0 Å². The van der Waals surface area contributed by atoms with Crippen molar-refractivity contribution in [3.05, 3.63) is 33.2 Å². The number of aromatic nitrogens is 2. The molecule has 2 rings (SSSR count). The molecule has 20 heavy (non-hydrogen) atoms. The monoisotopic (exact) mass is 379 g/mol. The van der Waals surface area contributed by atoms with Gasteiger partial charge in [0.2, 0.25) is 10.0 Å². The summed E-state index contributed by atoms with van der Waals surface area (Å²) in [5, 5.41) is 12.3. The summed E-state index contributed by atoms with van der Waals surface area (Å²) in [5.41, 5.74) is 0. The molecule has 0 radical (unpaired) electrons. The molecule has 2 heterocycles. The molecule has 0 saturated carbocycles. The molecule has 10 heteroatoms. The summed E-state index contributed by atoms with van der Waals surface area (Å²) in [4.78, 5) is 11.3. The number of aliphatic carboxylic acids is 1. The van der Waals surface area contributed by atoms with E-state index in [1.165, 1.54) is 17.5 Å². The molecule has 2 aromatic heterocycles. The number of hydrogen-bond acceptors (Lipinski definition) is 5. The van der Waals surface area contributed by atoms with Gasteiger partial charge in [0, 0.05) is 17.6 Å². The molecule has 0 saturated heterocycles. The molecular formula is C10H10BrN3O4S2. The van der Waals surface area contributed by atoms with E-state index < -0.39 is 16.0 Å². The van der Waals surface area contributed by atoms with Crippen LogP contribution in [0.25, 0.3) is 0 Å². The van der Waals surface area contributed by atoms with E-state index in [4.69, 9.17) is 5.11 Å². The van der Waals surface area contributed by atoms with Crippen molar-refractivity contribution < 1.29 is 18.3 Å². The smallest absolute Gasteiger partial charge is 0.325 e. The molecule has 0 fully saturated rings. The van der Waals surface area contributed by atoms with Crippen LogP contribution >= 0.6 is 27.3 Å². The van der Waals surface area contributed by atoms with Crippen LogP contribution in [0.3, 0.4) is 0 Å². The predicted molar refractivity (Wildman–Crippen MR) is 75.9 cm³/mol. The fraction of sp³-hybridized carbons (Fsp3) is 0.200. The standard InChI is InChI=1S/C10H10BrN3O4S2/c11-9-2-1-7(19-9)3-13-20(17,18)8-4-12-14(5-8)6-10(15)16/h1-2,4-5,13H,3,6H2,(H,15,16). The Labute approximate surface area is 127 Å². The molecule has 0 spiro atoms. The van der Waals surface area contributed by atoms with Crippen LogP contribution in [0.4, 0.5) is 0 Å². The minimum atomic E-state index is -3.70. The van der Waals surface area contributed by atoms with Crippen molar-refractivity contribution in [3.63, 3.8) is 0 Å². The second-order valence-corrected chi connectivity index (χ2v) is 8.11. The molecule has 0 bridgehead atoms. The quantitative estimate of drug-likeness (QED) is 0.786. The zero-order valence-electron chi connectivity index (χ0n) is 9.98. The van der Waals surface area contributed by atoms with E-state index in [1.807, 2.05) is 12.1 Å². The third kappa shape index (κ3) is 3.88. The number of nitrogens with one attached hydrogen (secondary N) is 1. The molecule has 108 valence electrons. The highest BCUT2D eigenvalue weighted by atomic mass is 79.9. The van der Waals surface area contributed by atoms with Crippen molar-refractivity contribution in [2.75, 3.05) is 0 Å². The summed E-state index contributed by atoms with van der Waals surface area (Å²) in [7, 11) is -3.70. The summed E-state index contributed by atoms with van der Waals surface area (Å²) in [6, 6.07) is 3.64. The van der Waals surface area contributed by atoms with Crippen molar-refractivity contribution >= 4 is 43.3 Å². The van der Waals surface area contributed by atoms with Crippen LogP contribution in [-0.4, -0.2) is 29.3 Å². The number of nitrogens with zero attached hydrogens (tertiary/aromatic N) is 2. The van der Waals surface area contributed by atoms with Crippen LogP contribution in [0.2, 0.25) is 0 Å². The van der Waals surface area contributed by atoms with Crippen molar-refractivity contribution in [2.24, 2.45) is 0 Å². The molecule has 0 aromatic carbocycles. The fourth-order valence-corrected chi connectivity index (χ4v) is 3.88. The van der Waals surface area contributed by atoms with E-state index in [2.05, 4.69) is 25.8 Å².